The molecule has 4 N–H and O–H groups in total. The number of nitrogens with two attached hydrogens (primary N) is 1. The fourth-order valence-corrected chi connectivity index (χ4v) is 3.40. The Morgan fingerprint density at radius 2 is 1.86 bits per heavy atom. The molecule has 10 nitrogen and oxygen atoms in total. The zero-order valence-electron chi connectivity index (χ0n) is 21.2. The Hall–Kier alpha value is -3.61. The van der Waals surface area contributed by atoms with E-state index in [1.165, 1.54) is 0 Å². The molecule has 192 valence electrons. The molecule has 1 aromatic carbocycles. The maximum Gasteiger partial charge on any atom is 0.408 e. The first kappa shape index (κ1) is 29.4. The second kappa shape index (κ2) is 13.9. The molecule has 0 heterocycles. The van der Waals surface area contributed by atoms with Gasteiger partial charge < -0.3 is 26.0 Å². The van der Waals surface area contributed by atoms with Crippen molar-refractivity contribution >= 4 is 23.8 Å². The van der Waals surface area contributed by atoms with Gasteiger partial charge in [-0.3, -0.25) is 14.4 Å². The van der Waals surface area contributed by atoms with Crippen molar-refractivity contribution in [3.8, 4) is 6.07 Å². The Bertz CT molecular complexity index is 935. The molecule has 0 fully saturated rings. The van der Waals surface area contributed by atoms with Crippen LogP contribution in [0.3, 0.4) is 0 Å². The number of carbonyl (C=O) groups is 4. The third kappa shape index (κ3) is 10.0. The van der Waals surface area contributed by atoms with E-state index >= 15 is 0 Å². The molecule has 0 aliphatic carbocycles. The first-order valence-corrected chi connectivity index (χ1v) is 11.7. The van der Waals surface area contributed by atoms with E-state index in [9.17, 15) is 24.4 Å². The topological polar surface area (TPSA) is 155 Å². The summed E-state index contributed by atoms with van der Waals surface area (Å²) in [5.41, 5.74) is 5.76. The first-order valence-electron chi connectivity index (χ1n) is 11.7. The second-order valence-corrected chi connectivity index (χ2v) is 9.23. The molecule has 0 spiro atoms. The molecule has 1 aromatic rings. The van der Waals surface area contributed by atoms with Gasteiger partial charge in [0.25, 0.3) is 0 Å². The van der Waals surface area contributed by atoms with Crippen molar-refractivity contribution in [2.45, 2.75) is 78.0 Å². The standard InChI is InChI=1S/C25H37N5O5/c1-6-7-15-28-22(32)21(18-11-9-8-10-17(18)2)30(16-14-26)23(33)19(12-13-20(27)31)29-24(34)35-25(3,4)5/h8-11,19,21H,6-7,12-13,15-16H2,1-5H3,(H2,27,31)(H,28,32)(H,29,34). The van der Waals surface area contributed by atoms with Crippen molar-refractivity contribution in [1.82, 2.24) is 15.5 Å². The molecule has 4 amide bonds. The number of benzene rings is 1. The van der Waals surface area contributed by atoms with E-state index in [1.807, 2.05) is 13.0 Å². The van der Waals surface area contributed by atoms with Gasteiger partial charge in [-0.2, -0.15) is 5.26 Å². The van der Waals surface area contributed by atoms with E-state index < -0.39 is 48.0 Å². The van der Waals surface area contributed by atoms with E-state index in [4.69, 9.17) is 10.5 Å². The van der Waals surface area contributed by atoms with Crippen molar-refractivity contribution in [2.24, 2.45) is 5.73 Å². The van der Waals surface area contributed by atoms with E-state index in [-0.39, 0.29) is 12.8 Å². The maximum absolute atomic E-state index is 13.7. The number of primary amides is 1. The van der Waals surface area contributed by atoms with Gasteiger partial charge in [0.2, 0.25) is 17.7 Å². The third-order valence-corrected chi connectivity index (χ3v) is 5.07. The molecule has 2 atom stereocenters. The zero-order chi connectivity index (χ0) is 26.6. The van der Waals surface area contributed by atoms with Gasteiger partial charge in [-0.25, -0.2) is 4.79 Å². The van der Waals surface area contributed by atoms with Crippen molar-refractivity contribution in [2.75, 3.05) is 13.1 Å². The van der Waals surface area contributed by atoms with Gasteiger partial charge in [0, 0.05) is 13.0 Å². The Balaban J connectivity index is 3.41. The number of aryl methyl sites for hydroxylation is 1. The molecule has 2 unspecified atom stereocenters. The number of hydrogen-bond acceptors (Lipinski definition) is 6. The minimum Gasteiger partial charge on any atom is -0.444 e. The van der Waals surface area contributed by atoms with Gasteiger partial charge in [-0.05, 0) is 51.7 Å². The van der Waals surface area contributed by atoms with Crippen LogP contribution in [0.15, 0.2) is 24.3 Å². The molecule has 0 saturated carbocycles. The summed E-state index contributed by atoms with van der Waals surface area (Å²) >= 11 is 0. The predicted molar refractivity (Wildman–Crippen MR) is 131 cm³/mol. The van der Waals surface area contributed by atoms with Crippen LogP contribution < -0.4 is 16.4 Å². The highest BCUT2D eigenvalue weighted by Gasteiger charge is 2.36. The molecule has 0 saturated heterocycles. The normalized spacial score (nSPS) is 12.6. The van der Waals surface area contributed by atoms with E-state index in [0.29, 0.717) is 12.1 Å². The number of amides is 4. The molecular formula is C25H37N5O5. The van der Waals surface area contributed by atoms with Crippen LogP contribution in [0.4, 0.5) is 4.79 Å². The van der Waals surface area contributed by atoms with E-state index in [2.05, 4.69) is 10.6 Å². The summed E-state index contributed by atoms with van der Waals surface area (Å²) < 4.78 is 5.26. The molecule has 0 aliphatic heterocycles. The lowest BCUT2D eigenvalue weighted by Crippen LogP contribution is -2.53. The summed E-state index contributed by atoms with van der Waals surface area (Å²) in [6.45, 7) is 8.80. The number of nitrogens with zero attached hydrogens (tertiary/aromatic N) is 2. The van der Waals surface area contributed by atoms with Crippen LogP contribution >= 0.6 is 0 Å². The molecule has 0 aliphatic rings. The largest absolute Gasteiger partial charge is 0.444 e. The monoisotopic (exact) mass is 487 g/mol. The van der Waals surface area contributed by atoms with Gasteiger partial charge in [-0.15, -0.1) is 0 Å². The fraction of sp³-hybridized carbons (Fsp3) is 0.560. The molecule has 1 rings (SSSR count). The average Bonchev–Trinajstić information content (AvgIpc) is 2.75. The Morgan fingerprint density at radius 1 is 1.20 bits per heavy atom. The van der Waals surface area contributed by atoms with Crippen LogP contribution in [0, 0.1) is 18.3 Å². The number of carbonyl (C=O) groups excluding carboxylic acids is 4. The van der Waals surface area contributed by atoms with Crippen molar-refractivity contribution in [3.05, 3.63) is 35.4 Å². The summed E-state index contributed by atoms with van der Waals surface area (Å²) in [6, 6.07) is 6.67. The zero-order valence-corrected chi connectivity index (χ0v) is 21.2. The van der Waals surface area contributed by atoms with Crippen LogP contribution in [-0.2, 0) is 19.1 Å². The van der Waals surface area contributed by atoms with Gasteiger partial charge in [0.1, 0.15) is 24.2 Å². The first-order chi connectivity index (χ1) is 16.4. The SMILES string of the molecule is CCCCNC(=O)C(c1ccccc1C)N(CC#N)C(=O)C(CCC(N)=O)NC(=O)OC(C)(C)C. The summed E-state index contributed by atoms with van der Waals surface area (Å²) in [5, 5.41) is 14.8. The smallest absolute Gasteiger partial charge is 0.408 e. The number of nitrogens with one attached hydrogen (secondary N) is 2. The summed E-state index contributed by atoms with van der Waals surface area (Å²) in [6.07, 6.45) is 0.444. The van der Waals surface area contributed by atoms with Gasteiger partial charge in [-0.1, -0.05) is 37.6 Å². The van der Waals surface area contributed by atoms with Crippen molar-refractivity contribution < 1.29 is 23.9 Å². The molecule has 35 heavy (non-hydrogen) atoms. The number of alkyl carbamates (subject to hydrolysis) is 1. The Kier molecular flexibility index (Phi) is 11.7. The number of unbranched alkanes of at least 4 members (excludes halogenated alkanes) is 1. The summed E-state index contributed by atoms with van der Waals surface area (Å²) in [7, 11) is 0. The third-order valence-electron chi connectivity index (χ3n) is 5.07. The number of ether oxygens (including phenoxy) is 1. The fourth-order valence-electron chi connectivity index (χ4n) is 3.40. The summed E-state index contributed by atoms with van der Waals surface area (Å²) in [4.78, 5) is 52.0. The predicted octanol–water partition coefficient (Wildman–Crippen LogP) is 2.46. The minimum atomic E-state index is -1.24. The molecule has 10 heteroatoms. The van der Waals surface area contributed by atoms with Crippen molar-refractivity contribution in [3.63, 3.8) is 0 Å². The second-order valence-electron chi connectivity index (χ2n) is 9.23. The number of hydrogen-bond donors (Lipinski definition) is 3. The maximum atomic E-state index is 13.7. The van der Waals surface area contributed by atoms with E-state index in [1.54, 1.807) is 52.0 Å². The number of rotatable bonds is 12. The van der Waals surface area contributed by atoms with Crippen molar-refractivity contribution in [1.29, 1.82) is 5.26 Å². The highest BCUT2D eigenvalue weighted by Crippen LogP contribution is 2.26. The highest BCUT2D eigenvalue weighted by molar-refractivity contribution is 5.92. The Labute approximate surface area is 207 Å². The van der Waals surface area contributed by atoms with Crippen LogP contribution in [0.25, 0.3) is 0 Å². The van der Waals surface area contributed by atoms with Gasteiger partial charge >= 0.3 is 6.09 Å². The van der Waals surface area contributed by atoms with Crippen LogP contribution in [0.2, 0.25) is 0 Å². The number of nitriles is 1. The minimum absolute atomic E-state index is 0.118. The van der Waals surface area contributed by atoms with Crippen LogP contribution in [0.1, 0.15) is 70.5 Å². The lowest BCUT2D eigenvalue weighted by Gasteiger charge is -2.33. The summed E-state index contributed by atoms with van der Waals surface area (Å²) in [5.74, 6) is -1.80. The van der Waals surface area contributed by atoms with E-state index in [0.717, 1.165) is 23.3 Å². The molecule has 0 aromatic heterocycles. The highest BCUT2D eigenvalue weighted by atomic mass is 16.6. The van der Waals surface area contributed by atoms with Crippen LogP contribution in [-0.4, -0.2) is 53.4 Å². The molecular weight excluding hydrogens is 450 g/mol. The molecule has 0 bridgehead atoms. The Morgan fingerprint density at radius 3 is 2.40 bits per heavy atom. The van der Waals surface area contributed by atoms with Gasteiger partial charge in [0.05, 0.1) is 6.07 Å². The van der Waals surface area contributed by atoms with Gasteiger partial charge in [0.15, 0.2) is 0 Å². The molecule has 0 radical (unpaired) electrons. The quantitative estimate of drug-likeness (QED) is 0.304. The lowest BCUT2D eigenvalue weighted by atomic mass is 9.97. The average molecular weight is 488 g/mol. The van der Waals surface area contributed by atoms with Crippen LogP contribution in [0.5, 0.6) is 0 Å². The lowest BCUT2D eigenvalue weighted by molar-refractivity contribution is -0.142.